The van der Waals surface area contributed by atoms with Crippen molar-refractivity contribution in [2.45, 2.75) is 32.4 Å². The molecule has 1 aromatic carbocycles. The minimum atomic E-state index is -1.40. The summed E-state index contributed by atoms with van der Waals surface area (Å²) in [6.07, 6.45) is 0.497. The lowest BCUT2D eigenvalue weighted by atomic mass is 9.93. The third-order valence-electron chi connectivity index (χ3n) is 5.44. The molecule has 1 amide bonds. The maximum Gasteiger partial charge on any atom is 0.289 e. The fourth-order valence-electron chi connectivity index (χ4n) is 3.80. The van der Waals surface area contributed by atoms with Crippen molar-refractivity contribution < 1.29 is 18.3 Å². The highest BCUT2D eigenvalue weighted by atomic mass is 19.1. The molecule has 1 saturated heterocycles. The van der Waals surface area contributed by atoms with Crippen molar-refractivity contribution >= 4 is 22.7 Å². The normalized spacial score (nSPS) is 15.9. The zero-order valence-electron chi connectivity index (χ0n) is 17.4. The molecule has 1 N–H and O–H groups in total. The Morgan fingerprint density at radius 3 is 2.73 bits per heavy atom. The van der Waals surface area contributed by atoms with Crippen molar-refractivity contribution in [1.29, 1.82) is 0 Å². The van der Waals surface area contributed by atoms with Crippen molar-refractivity contribution in [3.8, 4) is 5.75 Å². The number of furan rings is 1. The number of fused-ring (bicyclic) bond motifs is 1. The van der Waals surface area contributed by atoms with E-state index in [1.54, 1.807) is 37.1 Å². The number of nitrogens with one attached hydrogen (secondary N) is 1. The summed E-state index contributed by atoms with van der Waals surface area (Å²) < 4.78 is 26.3. The molecule has 0 atom stereocenters. The lowest BCUT2D eigenvalue weighted by Crippen LogP contribution is -2.47. The molecule has 3 heterocycles. The number of hydrogen-bond donors (Lipinski definition) is 1. The summed E-state index contributed by atoms with van der Waals surface area (Å²) in [6, 6.07) is 9.00. The first-order valence-electron chi connectivity index (χ1n) is 9.98. The van der Waals surface area contributed by atoms with Gasteiger partial charge in [-0.2, -0.15) is 0 Å². The Labute approximate surface area is 174 Å². The second kappa shape index (κ2) is 7.93. The van der Waals surface area contributed by atoms with Crippen LogP contribution in [0.1, 0.15) is 34.9 Å². The van der Waals surface area contributed by atoms with E-state index in [1.807, 2.05) is 19.1 Å². The Balaban J connectivity index is 1.39. The molecule has 1 aliphatic rings. The number of amides is 1. The number of hydrogen-bond acceptors (Lipinski definition) is 6. The molecule has 0 bridgehead atoms. The Hall–Kier alpha value is -3.16. The second-order valence-electron chi connectivity index (χ2n) is 7.73. The van der Waals surface area contributed by atoms with Gasteiger partial charge in [-0.15, -0.1) is 0 Å². The number of likely N-dealkylation sites (tertiary alicyclic amines) is 1. The van der Waals surface area contributed by atoms with E-state index in [4.69, 9.17) is 9.15 Å². The molecule has 158 valence electrons. The van der Waals surface area contributed by atoms with Gasteiger partial charge in [0.15, 0.2) is 17.1 Å². The SMILES string of the molecule is COc1cccc2cc(C(=O)N3CCC(F)(CNc4cc(C)nc(C)n4)CC3)oc12. The number of piperidine rings is 1. The van der Waals surface area contributed by atoms with Crippen LogP contribution in [0, 0.1) is 13.8 Å². The van der Waals surface area contributed by atoms with Gasteiger partial charge >= 0.3 is 0 Å². The second-order valence-corrected chi connectivity index (χ2v) is 7.73. The zero-order chi connectivity index (χ0) is 21.3. The third kappa shape index (κ3) is 4.08. The lowest BCUT2D eigenvalue weighted by molar-refractivity contribution is 0.0460. The summed E-state index contributed by atoms with van der Waals surface area (Å²) >= 11 is 0. The molecule has 3 aromatic rings. The molecule has 30 heavy (non-hydrogen) atoms. The fourth-order valence-corrected chi connectivity index (χ4v) is 3.80. The minimum Gasteiger partial charge on any atom is -0.493 e. The van der Waals surface area contributed by atoms with Gasteiger partial charge in [0.05, 0.1) is 13.7 Å². The van der Waals surface area contributed by atoms with Crippen LogP contribution in [-0.2, 0) is 0 Å². The van der Waals surface area contributed by atoms with Gasteiger partial charge in [-0.3, -0.25) is 4.79 Å². The molecule has 2 aromatic heterocycles. The molecule has 7 nitrogen and oxygen atoms in total. The average Bonchev–Trinajstić information content (AvgIpc) is 3.16. The highest BCUT2D eigenvalue weighted by Gasteiger charge is 2.37. The van der Waals surface area contributed by atoms with E-state index in [-0.39, 0.29) is 31.1 Å². The summed E-state index contributed by atoms with van der Waals surface area (Å²) in [4.78, 5) is 23.0. The largest absolute Gasteiger partial charge is 0.493 e. The Morgan fingerprint density at radius 1 is 1.27 bits per heavy atom. The van der Waals surface area contributed by atoms with E-state index in [1.165, 1.54) is 0 Å². The summed E-state index contributed by atoms with van der Waals surface area (Å²) in [6.45, 7) is 4.48. The maximum atomic E-state index is 15.3. The number of methoxy groups -OCH3 is 1. The monoisotopic (exact) mass is 412 g/mol. The van der Waals surface area contributed by atoms with Gasteiger partial charge in [0.1, 0.15) is 17.3 Å². The Bertz CT molecular complexity index is 1050. The van der Waals surface area contributed by atoms with Gasteiger partial charge in [0.25, 0.3) is 5.91 Å². The van der Waals surface area contributed by atoms with Crippen molar-refractivity contribution in [3.05, 3.63) is 47.6 Å². The van der Waals surface area contributed by atoms with E-state index in [0.29, 0.717) is 36.1 Å². The van der Waals surface area contributed by atoms with E-state index in [0.717, 1.165) is 11.1 Å². The number of ether oxygens (including phenoxy) is 1. The molecule has 0 radical (unpaired) electrons. The van der Waals surface area contributed by atoms with E-state index in [2.05, 4.69) is 15.3 Å². The van der Waals surface area contributed by atoms with E-state index >= 15 is 4.39 Å². The van der Waals surface area contributed by atoms with Crippen molar-refractivity contribution in [3.63, 3.8) is 0 Å². The highest BCUT2D eigenvalue weighted by Crippen LogP contribution is 2.31. The first-order chi connectivity index (χ1) is 14.4. The van der Waals surface area contributed by atoms with Crippen LogP contribution in [0.3, 0.4) is 0 Å². The summed E-state index contributed by atoms with van der Waals surface area (Å²) in [5.41, 5.74) is -0.0266. The van der Waals surface area contributed by atoms with Crippen LogP contribution in [0.5, 0.6) is 5.75 Å². The number of carbonyl (C=O) groups excluding carboxylic acids is 1. The molecule has 1 fully saturated rings. The molecule has 8 heteroatoms. The fraction of sp³-hybridized carbons (Fsp3) is 0.409. The molecule has 4 rings (SSSR count). The number of alkyl halides is 1. The van der Waals surface area contributed by atoms with E-state index < -0.39 is 5.67 Å². The van der Waals surface area contributed by atoms with E-state index in [9.17, 15) is 4.79 Å². The standard InChI is InChI=1S/C22H25FN4O3/c1-14-11-19(26-15(2)25-14)24-13-22(23)7-9-27(10-8-22)21(28)18-12-16-5-4-6-17(29-3)20(16)30-18/h4-6,11-12H,7-10,13H2,1-3H3,(H,24,25,26). The van der Waals surface area contributed by atoms with Crippen molar-refractivity contribution in [1.82, 2.24) is 14.9 Å². The van der Waals surface area contributed by atoms with Crippen LogP contribution in [0.2, 0.25) is 0 Å². The molecule has 0 saturated carbocycles. The predicted molar refractivity (Wildman–Crippen MR) is 112 cm³/mol. The number of aryl methyl sites for hydroxylation is 2. The first kappa shape index (κ1) is 20.1. The number of anilines is 1. The number of nitrogens with zero attached hydrogens (tertiary/aromatic N) is 3. The van der Waals surface area contributed by atoms with Crippen LogP contribution in [0.15, 0.2) is 34.7 Å². The molecular formula is C22H25FN4O3. The third-order valence-corrected chi connectivity index (χ3v) is 5.44. The molecule has 0 spiro atoms. The molecule has 0 aliphatic carbocycles. The van der Waals surface area contributed by atoms with Gasteiger partial charge in [0.2, 0.25) is 0 Å². The zero-order valence-corrected chi connectivity index (χ0v) is 17.4. The Morgan fingerprint density at radius 2 is 2.03 bits per heavy atom. The Kier molecular flexibility index (Phi) is 5.32. The number of carbonyl (C=O) groups is 1. The maximum absolute atomic E-state index is 15.3. The summed E-state index contributed by atoms with van der Waals surface area (Å²) in [5, 5.41) is 3.88. The summed E-state index contributed by atoms with van der Waals surface area (Å²) in [7, 11) is 1.56. The average molecular weight is 412 g/mol. The van der Waals surface area contributed by atoms with Crippen LogP contribution in [0.25, 0.3) is 11.0 Å². The van der Waals surface area contributed by atoms with Gasteiger partial charge in [0, 0.05) is 43.1 Å². The smallest absolute Gasteiger partial charge is 0.289 e. The minimum absolute atomic E-state index is 0.146. The van der Waals surface area contributed by atoms with Crippen molar-refractivity contribution in [2.24, 2.45) is 0 Å². The quantitative estimate of drug-likeness (QED) is 0.685. The van der Waals surface area contributed by atoms with Gasteiger partial charge in [-0.1, -0.05) is 12.1 Å². The number of aromatic nitrogens is 2. The topological polar surface area (TPSA) is 80.5 Å². The first-order valence-corrected chi connectivity index (χ1v) is 9.98. The predicted octanol–water partition coefficient (Wildman–Crippen LogP) is 3.90. The van der Waals surface area contributed by atoms with Gasteiger partial charge in [-0.25, -0.2) is 14.4 Å². The number of benzene rings is 1. The lowest BCUT2D eigenvalue weighted by Gasteiger charge is -2.36. The molecular weight excluding hydrogens is 387 g/mol. The highest BCUT2D eigenvalue weighted by molar-refractivity contribution is 5.97. The molecule has 1 aliphatic heterocycles. The van der Waals surface area contributed by atoms with Crippen LogP contribution in [-0.4, -0.2) is 53.2 Å². The summed E-state index contributed by atoms with van der Waals surface area (Å²) in [5.74, 6) is 1.85. The van der Waals surface area contributed by atoms with Crippen molar-refractivity contribution in [2.75, 3.05) is 32.1 Å². The number of para-hydroxylation sites is 1. The van der Waals surface area contributed by atoms with Crippen LogP contribution in [0.4, 0.5) is 10.2 Å². The van der Waals surface area contributed by atoms with Gasteiger partial charge in [-0.05, 0) is 26.0 Å². The molecule has 0 unspecified atom stereocenters. The van der Waals surface area contributed by atoms with Crippen LogP contribution < -0.4 is 10.1 Å². The number of halogens is 1. The number of rotatable bonds is 5. The van der Waals surface area contributed by atoms with Crippen LogP contribution >= 0.6 is 0 Å². The van der Waals surface area contributed by atoms with Gasteiger partial charge < -0.3 is 19.4 Å².